The van der Waals surface area contributed by atoms with Gasteiger partial charge in [0.2, 0.25) is 0 Å². The summed E-state index contributed by atoms with van der Waals surface area (Å²) in [6.07, 6.45) is 8.32. The number of ether oxygens (including phenoxy) is 1. The Kier molecular flexibility index (Phi) is 5.13. The molecule has 0 aliphatic rings. The number of rotatable bonds is 5. The van der Waals surface area contributed by atoms with E-state index < -0.39 is 0 Å². The van der Waals surface area contributed by atoms with Gasteiger partial charge in [-0.25, -0.2) is 9.78 Å². The molecule has 0 bridgehead atoms. The number of aromatic nitrogens is 2. The zero-order chi connectivity index (χ0) is 16.8. The van der Waals surface area contributed by atoms with Crippen LogP contribution in [-0.2, 0) is 16.1 Å². The fourth-order valence-corrected chi connectivity index (χ4v) is 2.94. The summed E-state index contributed by atoms with van der Waals surface area (Å²) in [6, 6.07) is 11.9. The van der Waals surface area contributed by atoms with Crippen LogP contribution in [0.1, 0.15) is 16.0 Å². The zero-order valence-electron chi connectivity index (χ0n) is 13.2. The molecule has 0 spiro atoms. The standard InChI is InChI=1S/C19H16N2O2S/c1-14-9-15(11-20-10-14)7-8-18(22)23-13-17-12-21-19(24-17)16-5-3-2-4-6-16/h2-12H,13H2,1H3/b8-7+. The molecule has 0 saturated carbocycles. The predicted octanol–water partition coefficient (Wildman–Crippen LogP) is 4.27. The van der Waals surface area contributed by atoms with Crippen molar-refractivity contribution in [2.45, 2.75) is 13.5 Å². The van der Waals surface area contributed by atoms with Crippen LogP contribution in [0.15, 0.2) is 61.1 Å². The Hall–Kier alpha value is -2.79. The smallest absolute Gasteiger partial charge is 0.331 e. The topological polar surface area (TPSA) is 52.1 Å². The number of hydrogen-bond acceptors (Lipinski definition) is 5. The van der Waals surface area contributed by atoms with E-state index in [4.69, 9.17) is 4.74 Å². The van der Waals surface area contributed by atoms with Crippen molar-refractivity contribution < 1.29 is 9.53 Å². The Bertz CT molecular complexity index is 857. The van der Waals surface area contributed by atoms with Gasteiger partial charge in [-0.15, -0.1) is 11.3 Å². The highest BCUT2D eigenvalue weighted by atomic mass is 32.1. The number of benzene rings is 1. The largest absolute Gasteiger partial charge is 0.457 e. The molecule has 24 heavy (non-hydrogen) atoms. The third kappa shape index (κ3) is 4.36. The van der Waals surface area contributed by atoms with E-state index in [0.717, 1.165) is 26.6 Å². The van der Waals surface area contributed by atoms with Gasteiger partial charge in [0.05, 0.1) is 4.88 Å². The van der Waals surface area contributed by atoms with Crippen LogP contribution >= 0.6 is 11.3 Å². The summed E-state index contributed by atoms with van der Waals surface area (Å²) < 4.78 is 5.25. The lowest BCUT2D eigenvalue weighted by molar-refractivity contribution is -0.138. The molecule has 0 aliphatic carbocycles. The highest BCUT2D eigenvalue weighted by Gasteiger charge is 2.06. The first-order valence-corrected chi connectivity index (χ1v) is 8.29. The number of aryl methyl sites for hydroxylation is 1. The SMILES string of the molecule is Cc1cncc(/C=C/C(=O)OCc2cnc(-c3ccccc3)s2)c1. The minimum absolute atomic E-state index is 0.222. The molecule has 1 aromatic carbocycles. The normalized spacial score (nSPS) is 10.9. The fraction of sp³-hybridized carbons (Fsp3) is 0.105. The first-order chi connectivity index (χ1) is 11.7. The summed E-state index contributed by atoms with van der Waals surface area (Å²) in [4.78, 5) is 21.2. The van der Waals surface area contributed by atoms with Crippen molar-refractivity contribution in [2.24, 2.45) is 0 Å². The van der Waals surface area contributed by atoms with E-state index in [1.54, 1.807) is 24.7 Å². The maximum absolute atomic E-state index is 11.8. The lowest BCUT2D eigenvalue weighted by Gasteiger charge is -1.99. The Labute approximate surface area is 144 Å². The fourth-order valence-electron chi connectivity index (χ4n) is 2.11. The molecule has 0 aliphatic heterocycles. The number of nitrogens with zero attached hydrogens (tertiary/aromatic N) is 2. The van der Waals surface area contributed by atoms with E-state index in [0.29, 0.717) is 0 Å². The molecule has 0 fully saturated rings. The highest BCUT2D eigenvalue weighted by Crippen LogP contribution is 2.25. The van der Waals surface area contributed by atoms with Crippen molar-refractivity contribution in [3.05, 3.63) is 77.1 Å². The molecule has 0 radical (unpaired) electrons. The molecular weight excluding hydrogens is 320 g/mol. The van der Waals surface area contributed by atoms with Gasteiger partial charge in [0, 0.05) is 30.2 Å². The van der Waals surface area contributed by atoms with Crippen molar-refractivity contribution in [1.29, 1.82) is 0 Å². The molecule has 3 rings (SSSR count). The van der Waals surface area contributed by atoms with Crippen molar-refractivity contribution in [1.82, 2.24) is 9.97 Å². The molecular formula is C19H16N2O2S. The van der Waals surface area contributed by atoms with E-state index in [1.807, 2.05) is 43.3 Å². The Balaban J connectivity index is 1.56. The van der Waals surface area contributed by atoms with Crippen LogP contribution in [0.5, 0.6) is 0 Å². The second-order valence-electron chi connectivity index (χ2n) is 5.23. The Morgan fingerprint density at radius 1 is 1.21 bits per heavy atom. The molecule has 5 heteroatoms. The number of pyridine rings is 1. The van der Waals surface area contributed by atoms with E-state index >= 15 is 0 Å². The summed E-state index contributed by atoms with van der Waals surface area (Å²) >= 11 is 1.52. The first-order valence-electron chi connectivity index (χ1n) is 7.47. The number of carbonyl (C=O) groups is 1. The quantitative estimate of drug-likeness (QED) is 0.516. The van der Waals surface area contributed by atoms with Gasteiger partial charge < -0.3 is 4.74 Å². The van der Waals surface area contributed by atoms with Crippen molar-refractivity contribution in [3.8, 4) is 10.6 Å². The van der Waals surface area contributed by atoms with Crippen LogP contribution in [0.4, 0.5) is 0 Å². The summed E-state index contributed by atoms with van der Waals surface area (Å²) in [6.45, 7) is 2.18. The lowest BCUT2D eigenvalue weighted by atomic mass is 10.2. The summed E-state index contributed by atoms with van der Waals surface area (Å²) in [5.74, 6) is -0.383. The highest BCUT2D eigenvalue weighted by molar-refractivity contribution is 7.15. The van der Waals surface area contributed by atoms with Gasteiger partial charge in [-0.2, -0.15) is 0 Å². The number of esters is 1. The van der Waals surface area contributed by atoms with E-state index in [9.17, 15) is 4.79 Å². The zero-order valence-corrected chi connectivity index (χ0v) is 14.0. The van der Waals surface area contributed by atoms with Crippen LogP contribution in [0.25, 0.3) is 16.6 Å². The molecule has 4 nitrogen and oxygen atoms in total. The third-order valence-corrected chi connectivity index (χ3v) is 4.26. The van der Waals surface area contributed by atoms with Gasteiger partial charge in [0.25, 0.3) is 0 Å². The van der Waals surface area contributed by atoms with Crippen LogP contribution < -0.4 is 0 Å². The van der Waals surface area contributed by atoms with E-state index in [1.165, 1.54) is 17.4 Å². The van der Waals surface area contributed by atoms with Gasteiger partial charge in [0.1, 0.15) is 11.6 Å². The Morgan fingerprint density at radius 2 is 2.04 bits per heavy atom. The van der Waals surface area contributed by atoms with Crippen molar-refractivity contribution >= 4 is 23.4 Å². The monoisotopic (exact) mass is 336 g/mol. The minimum atomic E-state index is -0.383. The summed E-state index contributed by atoms with van der Waals surface area (Å²) in [5.41, 5.74) is 2.98. The molecule has 3 aromatic rings. The van der Waals surface area contributed by atoms with E-state index in [2.05, 4.69) is 9.97 Å². The lowest BCUT2D eigenvalue weighted by Crippen LogP contribution is -1.99. The van der Waals surface area contributed by atoms with Crippen LogP contribution in [-0.4, -0.2) is 15.9 Å². The average molecular weight is 336 g/mol. The minimum Gasteiger partial charge on any atom is -0.457 e. The molecule has 2 aromatic heterocycles. The van der Waals surface area contributed by atoms with Crippen LogP contribution in [0.2, 0.25) is 0 Å². The molecule has 0 unspecified atom stereocenters. The summed E-state index contributed by atoms with van der Waals surface area (Å²) in [7, 11) is 0. The number of hydrogen-bond donors (Lipinski definition) is 0. The molecule has 120 valence electrons. The summed E-state index contributed by atoms with van der Waals surface area (Å²) in [5, 5.41) is 0.919. The second-order valence-corrected chi connectivity index (χ2v) is 6.35. The predicted molar refractivity (Wildman–Crippen MR) is 95.4 cm³/mol. The molecule has 0 saturated heterocycles. The van der Waals surface area contributed by atoms with E-state index in [-0.39, 0.29) is 12.6 Å². The second kappa shape index (κ2) is 7.66. The van der Waals surface area contributed by atoms with Gasteiger partial charge in [-0.1, -0.05) is 30.3 Å². The first kappa shape index (κ1) is 16.1. The van der Waals surface area contributed by atoms with Gasteiger partial charge in [-0.3, -0.25) is 4.98 Å². The van der Waals surface area contributed by atoms with Crippen molar-refractivity contribution in [3.63, 3.8) is 0 Å². The molecule has 0 N–H and O–H groups in total. The maximum Gasteiger partial charge on any atom is 0.331 e. The number of carbonyl (C=O) groups excluding carboxylic acids is 1. The van der Waals surface area contributed by atoms with Gasteiger partial charge >= 0.3 is 5.97 Å². The van der Waals surface area contributed by atoms with Crippen LogP contribution in [0, 0.1) is 6.92 Å². The van der Waals surface area contributed by atoms with Gasteiger partial charge in [0.15, 0.2) is 0 Å². The van der Waals surface area contributed by atoms with Crippen LogP contribution in [0.3, 0.4) is 0 Å². The molecule has 2 heterocycles. The van der Waals surface area contributed by atoms with Crippen molar-refractivity contribution in [2.75, 3.05) is 0 Å². The maximum atomic E-state index is 11.8. The number of thiazole rings is 1. The molecule has 0 atom stereocenters. The molecule has 0 amide bonds. The third-order valence-electron chi connectivity index (χ3n) is 3.24. The Morgan fingerprint density at radius 3 is 2.83 bits per heavy atom. The van der Waals surface area contributed by atoms with Gasteiger partial charge in [-0.05, 0) is 30.2 Å². The average Bonchev–Trinajstić information content (AvgIpc) is 3.08.